The number of rotatable bonds is 3. The van der Waals surface area contributed by atoms with Gasteiger partial charge in [-0.2, -0.15) is 9.07 Å². The maximum atomic E-state index is 13.6. The number of benzene rings is 1. The number of nitro benzene ring substituents is 1. The van der Waals surface area contributed by atoms with Crippen LogP contribution in [-0.4, -0.2) is 25.1 Å². The zero-order valence-corrected chi connectivity index (χ0v) is 9.15. The molecule has 92 valence electrons. The van der Waals surface area contributed by atoms with E-state index < -0.39 is 16.4 Å². The van der Waals surface area contributed by atoms with Gasteiger partial charge in [-0.05, 0) is 40.8 Å². The Morgan fingerprint density at radius 3 is 2.78 bits per heavy atom. The first-order valence-electron chi connectivity index (χ1n) is 5.38. The van der Waals surface area contributed by atoms with Crippen LogP contribution in [0.15, 0.2) is 18.5 Å². The van der Waals surface area contributed by atoms with E-state index in [0.717, 1.165) is 12.8 Å². The predicted molar refractivity (Wildman–Crippen MR) is 57.7 cm³/mol. The lowest BCUT2D eigenvalue weighted by Gasteiger charge is -2.07. The van der Waals surface area contributed by atoms with Crippen LogP contribution >= 0.6 is 0 Å². The number of aromatic nitrogens is 4. The molecule has 3 rings (SSSR count). The fourth-order valence-electron chi connectivity index (χ4n) is 1.90. The summed E-state index contributed by atoms with van der Waals surface area (Å²) in [6.07, 6.45) is 3.24. The second kappa shape index (κ2) is 3.83. The second-order valence-electron chi connectivity index (χ2n) is 4.15. The molecule has 1 fully saturated rings. The summed E-state index contributed by atoms with van der Waals surface area (Å²) in [6, 6.07) is 2.39. The maximum Gasteiger partial charge on any atom is 0.306 e. The van der Waals surface area contributed by atoms with E-state index in [9.17, 15) is 14.5 Å². The number of nitrogens with zero attached hydrogens (tertiary/aromatic N) is 5. The number of hydrogen-bond donors (Lipinski definition) is 0. The molecular weight excluding hydrogens is 241 g/mol. The van der Waals surface area contributed by atoms with Gasteiger partial charge in [0.05, 0.1) is 10.6 Å². The summed E-state index contributed by atoms with van der Waals surface area (Å²) in [5.41, 5.74) is 0.617. The average Bonchev–Trinajstić information content (AvgIpc) is 3.04. The van der Waals surface area contributed by atoms with Crippen molar-refractivity contribution in [3.8, 4) is 5.69 Å². The molecule has 0 N–H and O–H groups in total. The Kier molecular flexibility index (Phi) is 2.29. The lowest BCUT2D eigenvalue weighted by Crippen LogP contribution is -2.03. The van der Waals surface area contributed by atoms with Crippen LogP contribution in [0.25, 0.3) is 5.69 Å². The quantitative estimate of drug-likeness (QED) is 0.608. The van der Waals surface area contributed by atoms with Crippen molar-refractivity contribution in [2.75, 3.05) is 0 Å². The van der Waals surface area contributed by atoms with E-state index in [1.165, 1.54) is 23.1 Å². The fraction of sp³-hybridized carbons (Fsp3) is 0.300. The third kappa shape index (κ3) is 1.71. The summed E-state index contributed by atoms with van der Waals surface area (Å²) in [5, 5.41) is 21.4. The molecular formula is C10H8FN5O2. The summed E-state index contributed by atoms with van der Waals surface area (Å²) in [7, 11) is 0. The van der Waals surface area contributed by atoms with Crippen LogP contribution in [0.3, 0.4) is 0 Å². The average molecular weight is 249 g/mol. The number of nitro groups is 1. The van der Waals surface area contributed by atoms with Gasteiger partial charge >= 0.3 is 5.69 Å². The SMILES string of the molecule is O=[N+]([O-])c1cc(-n2cnnn2)c(C2CC2)cc1F. The van der Waals surface area contributed by atoms with Crippen LogP contribution in [0.5, 0.6) is 0 Å². The molecule has 0 radical (unpaired) electrons. The highest BCUT2D eigenvalue weighted by Gasteiger charge is 2.30. The van der Waals surface area contributed by atoms with Crippen molar-refractivity contribution in [1.29, 1.82) is 0 Å². The van der Waals surface area contributed by atoms with Crippen molar-refractivity contribution in [1.82, 2.24) is 20.2 Å². The summed E-state index contributed by atoms with van der Waals surface area (Å²) >= 11 is 0. The van der Waals surface area contributed by atoms with Gasteiger partial charge in [-0.15, -0.1) is 5.10 Å². The van der Waals surface area contributed by atoms with Crippen molar-refractivity contribution in [3.63, 3.8) is 0 Å². The molecule has 1 aliphatic carbocycles. The van der Waals surface area contributed by atoms with Crippen LogP contribution in [0, 0.1) is 15.9 Å². The minimum atomic E-state index is -0.821. The van der Waals surface area contributed by atoms with E-state index in [4.69, 9.17) is 0 Å². The molecule has 1 aromatic carbocycles. The zero-order chi connectivity index (χ0) is 12.7. The Bertz CT molecular complexity index is 609. The van der Waals surface area contributed by atoms with Gasteiger partial charge < -0.3 is 0 Å². The summed E-state index contributed by atoms with van der Waals surface area (Å²) in [5.74, 6) is -0.585. The van der Waals surface area contributed by atoms with Crippen molar-refractivity contribution in [2.45, 2.75) is 18.8 Å². The molecule has 0 atom stereocenters. The Hall–Kier alpha value is -2.38. The van der Waals surface area contributed by atoms with E-state index in [1.54, 1.807) is 0 Å². The topological polar surface area (TPSA) is 86.7 Å². The van der Waals surface area contributed by atoms with Crippen LogP contribution < -0.4 is 0 Å². The van der Waals surface area contributed by atoms with Gasteiger partial charge in [-0.3, -0.25) is 10.1 Å². The molecule has 0 amide bonds. The Morgan fingerprint density at radius 2 is 2.22 bits per heavy atom. The van der Waals surface area contributed by atoms with Crippen molar-refractivity contribution in [2.24, 2.45) is 0 Å². The van der Waals surface area contributed by atoms with E-state index >= 15 is 0 Å². The molecule has 2 aromatic rings. The lowest BCUT2D eigenvalue weighted by molar-refractivity contribution is -0.387. The predicted octanol–water partition coefficient (Wildman–Crippen LogP) is 1.59. The van der Waals surface area contributed by atoms with Gasteiger partial charge in [0.15, 0.2) is 0 Å². The summed E-state index contributed by atoms with van der Waals surface area (Å²) in [4.78, 5) is 9.99. The molecule has 0 aliphatic heterocycles. The molecule has 1 aliphatic rings. The van der Waals surface area contributed by atoms with Gasteiger partial charge in [0.1, 0.15) is 6.33 Å². The van der Waals surface area contributed by atoms with Crippen LogP contribution in [0.1, 0.15) is 24.3 Å². The van der Waals surface area contributed by atoms with Crippen LogP contribution in [0.4, 0.5) is 10.1 Å². The molecule has 1 saturated carbocycles. The second-order valence-corrected chi connectivity index (χ2v) is 4.15. The molecule has 0 saturated heterocycles. The third-order valence-electron chi connectivity index (χ3n) is 2.91. The molecule has 8 heteroatoms. The molecule has 7 nitrogen and oxygen atoms in total. The van der Waals surface area contributed by atoms with Crippen molar-refractivity contribution in [3.05, 3.63) is 40.0 Å². The first-order valence-corrected chi connectivity index (χ1v) is 5.38. The van der Waals surface area contributed by atoms with Gasteiger partial charge in [0.2, 0.25) is 5.82 Å². The van der Waals surface area contributed by atoms with E-state index in [1.807, 2.05) is 0 Å². The third-order valence-corrected chi connectivity index (χ3v) is 2.91. The monoisotopic (exact) mass is 249 g/mol. The van der Waals surface area contributed by atoms with Crippen molar-refractivity contribution >= 4 is 5.69 Å². The summed E-state index contributed by atoms with van der Waals surface area (Å²) < 4.78 is 14.9. The molecule has 1 aromatic heterocycles. The summed E-state index contributed by atoms with van der Waals surface area (Å²) in [6.45, 7) is 0. The van der Waals surface area contributed by atoms with Crippen LogP contribution in [-0.2, 0) is 0 Å². The first kappa shape index (κ1) is 10.8. The van der Waals surface area contributed by atoms with Crippen molar-refractivity contribution < 1.29 is 9.31 Å². The van der Waals surface area contributed by atoms with E-state index in [0.29, 0.717) is 11.3 Å². The Balaban J connectivity index is 2.20. The highest BCUT2D eigenvalue weighted by Crippen LogP contribution is 2.44. The van der Waals surface area contributed by atoms with Crippen LogP contribution in [0.2, 0.25) is 0 Å². The fourth-order valence-corrected chi connectivity index (χ4v) is 1.90. The molecule has 0 spiro atoms. The van der Waals surface area contributed by atoms with Gasteiger partial charge in [-0.1, -0.05) is 0 Å². The number of tetrazole rings is 1. The standard InChI is InChI=1S/C10H8FN5O2/c11-8-3-7(6-1-2-6)9(4-10(8)16(17)18)15-5-12-13-14-15/h3-6H,1-2H2. The normalized spacial score (nSPS) is 14.7. The largest absolute Gasteiger partial charge is 0.306 e. The molecule has 0 bridgehead atoms. The minimum Gasteiger partial charge on any atom is -0.258 e. The van der Waals surface area contributed by atoms with Gasteiger partial charge in [-0.25, -0.2) is 0 Å². The zero-order valence-electron chi connectivity index (χ0n) is 9.15. The highest BCUT2D eigenvalue weighted by molar-refractivity contribution is 5.52. The molecule has 0 unspecified atom stereocenters. The molecule has 1 heterocycles. The lowest BCUT2D eigenvalue weighted by atomic mass is 10.1. The van der Waals surface area contributed by atoms with E-state index in [2.05, 4.69) is 15.5 Å². The van der Waals surface area contributed by atoms with Gasteiger partial charge in [0.25, 0.3) is 0 Å². The number of hydrogen-bond acceptors (Lipinski definition) is 5. The maximum absolute atomic E-state index is 13.6. The molecule has 18 heavy (non-hydrogen) atoms. The minimum absolute atomic E-state index is 0.236. The smallest absolute Gasteiger partial charge is 0.258 e. The Morgan fingerprint density at radius 1 is 1.44 bits per heavy atom. The van der Waals surface area contributed by atoms with E-state index in [-0.39, 0.29) is 5.92 Å². The first-order chi connectivity index (χ1) is 8.66. The van der Waals surface area contributed by atoms with Gasteiger partial charge in [0, 0.05) is 6.07 Å². The Labute approximate surface area is 100 Å². The number of halogens is 1. The highest BCUT2D eigenvalue weighted by atomic mass is 19.1.